The van der Waals surface area contributed by atoms with Gasteiger partial charge < -0.3 is 20.7 Å². The Balaban J connectivity index is 1.58. The number of hydrogen-bond donors (Lipinski definition) is 3. The zero-order chi connectivity index (χ0) is 11.9. The zero-order valence-corrected chi connectivity index (χ0v) is 10.2. The fourth-order valence-corrected chi connectivity index (χ4v) is 2.12. The number of carbonyl (C=O) groups excluding carboxylic acids is 1. The smallest absolute Gasteiger partial charge is 0.238 e. The van der Waals surface area contributed by atoms with Gasteiger partial charge in [-0.15, -0.1) is 0 Å². The molecule has 0 aromatic carbocycles. The quantitative estimate of drug-likeness (QED) is 0.532. The van der Waals surface area contributed by atoms with Crippen LogP contribution < -0.4 is 16.0 Å². The molecule has 6 nitrogen and oxygen atoms in total. The van der Waals surface area contributed by atoms with Crippen molar-refractivity contribution in [3.8, 4) is 0 Å². The largest absolute Gasteiger partial charge is 0.379 e. The van der Waals surface area contributed by atoms with Crippen molar-refractivity contribution in [1.29, 1.82) is 0 Å². The van der Waals surface area contributed by atoms with Gasteiger partial charge in [0.1, 0.15) is 0 Å². The van der Waals surface area contributed by atoms with Crippen molar-refractivity contribution >= 4 is 5.91 Å². The number of piperazine rings is 1. The van der Waals surface area contributed by atoms with Gasteiger partial charge in [-0.1, -0.05) is 0 Å². The van der Waals surface area contributed by atoms with E-state index in [1.54, 1.807) is 0 Å². The summed E-state index contributed by atoms with van der Waals surface area (Å²) in [4.78, 5) is 14.1. The fraction of sp³-hybridized carbons (Fsp3) is 0.909. The molecule has 2 rings (SSSR count). The Morgan fingerprint density at radius 3 is 2.88 bits per heavy atom. The zero-order valence-electron chi connectivity index (χ0n) is 10.2. The van der Waals surface area contributed by atoms with E-state index in [-0.39, 0.29) is 11.9 Å². The molecule has 2 fully saturated rings. The summed E-state index contributed by atoms with van der Waals surface area (Å²) in [6.45, 7) is 7.72. The summed E-state index contributed by atoms with van der Waals surface area (Å²) in [6.07, 6.45) is 0. The van der Waals surface area contributed by atoms with Crippen molar-refractivity contribution in [1.82, 2.24) is 20.9 Å². The summed E-state index contributed by atoms with van der Waals surface area (Å²) >= 11 is 0. The predicted molar refractivity (Wildman–Crippen MR) is 64.9 cm³/mol. The van der Waals surface area contributed by atoms with E-state index in [2.05, 4.69) is 20.9 Å². The van der Waals surface area contributed by atoms with Gasteiger partial charge in [0.25, 0.3) is 0 Å². The summed E-state index contributed by atoms with van der Waals surface area (Å²) < 4.78 is 5.28. The molecule has 2 aliphatic rings. The number of amides is 1. The highest BCUT2D eigenvalue weighted by molar-refractivity contribution is 5.82. The van der Waals surface area contributed by atoms with Crippen molar-refractivity contribution < 1.29 is 9.53 Å². The van der Waals surface area contributed by atoms with Crippen LogP contribution in [0.2, 0.25) is 0 Å². The average Bonchev–Trinajstić information content (AvgIpc) is 2.41. The Morgan fingerprint density at radius 2 is 2.18 bits per heavy atom. The average molecular weight is 242 g/mol. The summed E-state index contributed by atoms with van der Waals surface area (Å²) in [5.41, 5.74) is 0. The van der Waals surface area contributed by atoms with E-state index in [4.69, 9.17) is 4.74 Å². The molecule has 0 aromatic heterocycles. The third-order valence-corrected chi connectivity index (χ3v) is 3.19. The number of hydrogen-bond acceptors (Lipinski definition) is 5. The predicted octanol–water partition coefficient (Wildman–Crippen LogP) is -2.00. The van der Waals surface area contributed by atoms with Crippen LogP contribution in [0.4, 0.5) is 0 Å². The Labute approximate surface area is 102 Å². The molecule has 98 valence electrons. The molecule has 2 heterocycles. The van der Waals surface area contributed by atoms with Crippen LogP contribution in [0.15, 0.2) is 0 Å². The van der Waals surface area contributed by atoms with Crippen LogP contribution in [0.1, 0.15) is 0 Å². The van der Waals surface area contributed by atoms with E-state index in [0.29, 0.717) is 0 Å². The standard InChI is InChI=1S/C11H22N4O2/c16-11(10-9-12-1-2-13-10)14-3-4-15-5-7-17-8-6-15/h10,12-13H,1-9H2,(H,14,16). The number of nitrogens with zero attached hydrogens (tertiary/aromatic N) is 1. The van der Waals surface area contributed by atoms with E-state index >= 15 is 0 Å². The van der Waals surface area contributed by atoms with Crippen molar-refractivity contribution in [3.63, 3.8) is 0 Å². The number of ether oxygens (including phenoxy) is 1. The van der Waals surface area contributed by atoms with E-state index in [1.165, 1.54) is 0 Å². The van der Waals surface area contributed by atoms with E-state index in [9.17, 15) is 4.79 Å². The van der Waals surface area contributed by atoms with Crippen molar-refractivity contribution in [3.05, 3.63) is 0 Å². The minimum absolute atomic E-state index is 0.0755. The molecule has 2 saturated heterocycles. The molecule has 3 N–H and O–H groups in total. The molecular formula is C11H22N4O2. The van der Waals surface area contributed by atoms with Crippen LogP contribution >= 0.6 is 0 Å². The van der Waals surface area contributed by atoms with E-state index in [1.807, 2.05) is 0 Å². The maximum Gasteiger partial charge on any atom is 0.238 e. The SMILES string of the molecule is O=C(NCCN1CCOCC1)C1CNCCN1. The molecule has 0 bridgehead atoms. The second-order valence-electron chi connectivity index (χ2n) is 4.46. The van der Waals surface area contributed by atoms with Crippen LogP contribution in [-0.4, -0.2) is 75.9 Å². The molecule has 1 amide bonds. The van der Waals surface area contributed by atoms with Crippen LogP contribution in [0.25, 0.3) is 0 Å². The third-order valence-electron chi connectivity index (χ3n) is 3.19. The van der Waals surface area contributed by atoms with Gasteiger partial charge in [0, 0.05) is 45.8 Å². The second kappa shape index (κ2) is 6.90. The van der Waals surface area contributed by atoms with Gasteiger partial charge in [0.2, 0.25) is 5.91 Å². The van der Waals surface area contributed by atoms with E-state index < -0.39 is 0 Å². The third kappa shape index (κ3) is 4.23. The van der Waals surface area contributed by atoms with Gasteiger partial charge >= 0.3 is 0 Å². The number of rotatable bonds is 4. The second-order valence-corrected chi connectivity index (χ2v) is 4.46. The highest BCUT2D eigenvalue weighted by Gasteiger charge is 2.19. The van der Waals surface area contributed by atoms with E-state index in [0.717, 1.165) is 59.0 Å². The van der Waals surface area contributed by atoms with Crippen LogP contribution in [0.3, 0.4) is 0 Å². The maximum atomic E-state index is 11.8. The molecule has 6 heteroatoms. The molecule has 1 unspecified atom stereocenters. The molecule has 0 spiro atoms. The Morgan fingerprint density at radius 1 is 1.35 bits per heavy atom. The normalized spacial score (nSPS) is 26.7. The van der Waals surface area contributed by atoms with Gasteiger partial charge in [0.15, 0.2) is 0 Å². The highest BCUT2D eigenvalue weighted by Crippen LogP contribution is 1.95. The number of nitrogens with one attached hydrogen (secondary N) is 3. The first-order valence-electron chi connectivity index (χ1n) is 6.38. The van der Waals surface area contributed by atoms with Gasteiger partial charge in [-0.05, 0) is 0 Å². The van der Waals surface area contributed by atoms with Crippen LogP contribution in [-0.2, 0) is 9.53 Å². The Hall–Kier alpha value is -0.690. The Kier molecular flexibility index (Phi) is 5.18. The summed E-state index contributed by atoms with van der Waals surface area (Å²) in [6, 6.07) is -0.0755. The maximum absolute atomic E-state index is 11.8. The number of carbonyl (C=O) groups is 1. The van der Waals surface area contributed by atoms with Crippen LogP contribution in [0.5, 0.6) is 0 Å². The van der Waals surface area contributed by atoms with Gasteiger partial charge in [-0.3, -0.25) is 9.69 Å². The fourth-order valence-electron chi connectivity index (χ4n) is 2.12. The molecule has 2 aliphatic heterocycles. The lowest BCUT2D eigenvalue weighted by atomic mass is 10.2. The lowest BCUT2D eigenvalue weighted by molar-refractivity contribution is -0.123. The van der Waals surface area contributed by atoms with Gasteiger partial charge in [-0.2, -0.15) is 0 Å². The lowest BCUT2D eigenvalue weighted by Gasteiger charge is -2.27. The first kappa shape index (κ1) is 12.8. The molecule has 0 aliphatic carbocycles. The first-order valence-corrected chi connectivity index (χ1v) is 6.38. The number of morpholine rings is 1. The summed E-state index contributed by atoms with van der Waals surface area (Å²) in [5.74, 6) is 0.102. The topological polar surface area (TPSA) is 65.6 Å². The van der Waals surface area contributed by atoms with Gasteiger partial charge in [-0.25, -0.2) is 0 Å². The summed E-state index contributed by atoms with van der Waals surface area (Å²) in [7, 11) is 0. The monoisotopic (exact) mass is 242 g/mol. The molecule has 0 radical (unpaired) electrons. The molecule has 17 heavy (non-hydrogen) atoms. The molecule has 0 aromatic rings. The lowest BCUT2D eigenvalue weighted by Crippen LogP contribution is -2.56. The molecular weight excluding hydrogens is 220 g/mol. The summed E-state index contributed by atoms with van der Waals surface area (Å²) in [5, 5.41) is 9.38. The Bertz CT molecular complexity index is 238. The minimum atomic E-state index is -0.0755. The minimum Gasteiger partial charge on any atom is -0.379 e. The van der Waals surface area contributed by atoms with Crippen molar-refractivity contribution in [2.75, 3.05) is 59.0 Å². The molecule has 1 atom stereocenters. The molecule has 0 saturated carbocycles. The van der Waals surface area contributed by atoms with Crippen molar-refractivity contribution in [2.24, 2.45) is 0 Å². The van der Waals surface area contributed by atoms with Crippen molar-refractivity contribution in [2.45, 2.75) is 6.04 Å². The van der Waals surface area contributed by atoms with Crippen LogP contribution in [0, 0.1) is 0 Å². The first-order chi connectivity index (χ1) is 8.36. The highest BCUT2D eigenvalue weighted by atomic mass is 16.5. The van der Waals surface area contributed by atoms with Gasteiger partial charge in [0.05, 0.1) is 19.3 Å².